The standard InChI is InChI=1S/C10H8Cl2N2/c11-5-7-3-9-10(4-8(7)6-12)14-2-1-13-9/h1-4H,5-6H2. The Balaban J connectivity index is 2.69. The van der Waals surface area contributed by atoms with Gasteiger partial charge in [-0.2, -0.15) is 0 Å². The SMILES string of the molecule is ClCc1cc2nccnc2cc1CCl. The number of hydrogen-bond acceptors (Lipinski definition) is 2. The van der Waals surface area contributed by atoms with E-state index in [1.807, 2.05) is 12.1 Å². The van der Waals surface area contributed by atoms with E-state index in [4.69, 9.17) is 23.2 Å². The van der Waals surface area contributed by atoms with E-state index in [0.29, 0.717) is 11.8 Å². The van der Waals surface area contributed by atoms with Crippen molar-refractivity contribution in [3.05, 3.63) is 35.7 Å². The lowest BCUT2D eigenvalue weighted by Crippen LogP contribution is -1.91. The predicted molar refractivity (Wildman–Crippen MR) is 58.7 cm³/mol. The fourth-order valence-corrected chi connectivity index (χ4v) is 1.84. The molecule has 0 saturated heterocycles. The Bertz CT molecular complexity index is 414. The van der Waals surface area contributed by atoms with E-state index in [0.717, 1.165) is 22.2 Å². The normalized spacial score (nSPS) is 10.7. The van der Waals surface area contributed by atoms with Crippen molar-refractivity contribution in [2.45, 2.75) is 11.8 Å². The molecule has 0 bridgehead atoms. The summed E-state index contributed by atoms with van der Waals surface area (Å²) in [6.07, 6.45) is 3.33. The third kappa shape index (κ3) is 1.68. The molecule has 0 radical (unpaired) electrons. The van der Waals surface area contributed by atoms with E-state index in [1.54, 1.807) is 12.4 Å². The highest BCUT2D eigenvalue weighted by molar-refractivity contribution is 6.19. The van der Waals surface area contributed by atoms with Crippen LogP contribution < -0.4 is 0 Å². The predicted octanol–water partition coefficient (Wildman–Crippen LogP) is 3.11. The Morgan fingerprint density at radius 1 is 0.857 bits per heavy atom. The maximum atomic E-state index is 5.80. The Morgan fingerprint density at radius 3 is 1.64 bits per heavy atom. The first-order chi connectivity index (χ1) is 6.85. The van der Waals surface area contributed by atoms with Gasteiger partial charge in [0.25, 0.3) is 0 Å². The maximum Gasteiger partial charge on any atom is 0.0890 e. The molecule has 0 N–H and O–H groups in total. The molecule has 0 fully saturated rings. The summed E-state index contributed by atoms with van der Waals surface area (Å²) in [4.78, 5) is 8.40. The lowest BCUT2D eigenvalue weighted by molar-refractivity contribution is 1.23. The molecule has 1 heterocycles. The number of nitrogens with zero attached hydrogens (tertiary/aromatic N) is 2. The average molecular weight is 227 g/mol. The molecule has 0 atom stereocenters. The van der Waals surface area contributed by atoms with Gasteiger partial charge in [0.1, 0.15) is 0 Å². The number of alkyl halides is 2. The van der Waals surface area contributed by atoms with Gasteiger partial charge in [0.05, 0.1) is 11.0 Å². The fraction of sp³-hybridized carbons (Fsp3) is 0.200. The van der Waals surface area contributed by atoms with E-state index in [9.17, 15) is 0 Å². The smallest absolute Gasteiger partial charge is 0.0890 e. The van der Waals surface area contributed by atoms with Gasteiger partial charge in [-0.3, -0.25) is 9.97 Å². The average Bonchev–Trinajstić information content (AvgIpc) is 2.27. The van der Waals surface area contributed by atoms with Crippen LogP contribution in [-0.2, 0) is 11.8 Å². The van der Waals surface area contributed by atoms with Crippen molar-refractivity contribution in [2.24, 2.45) is 0 Å². The molecule has 72 valence electrons. The van der Waals surface area contributed by atoms with Crippen molar-refractivity contribution < 1.29 is 0 Å². The largest absolute Gasteiger partial charge is 0.253 e. The molecular weight excluding hydrogens is 219 g/mol. The van der Waals surface area contributed by atoms with Crippen LogP contribution in [0, 0.1) is 0 Å². The topological polar surface area (TPSA) is 25.8 Å². The highest BCUT2D eigenvalue weighted by Crippen LogP contribution is 2.19. The number of fused-ring (bicyclic) bond motifs is 1. The fourth-order valence-electron chi connectivity index (χ4n) is 1.35. The van der Waals surface area contributed by atoms with Crippen molar-refractivity contribution in [2.75, 3.05) is 0 Å². The summed E-state index contributed by atoms with van der Waals surface area (Å²) in [6.45, 7) is 0. The minimum absolute atomic E-state index is 0.453. The first kappa shape index (κ1) is 9.69. The summed E-state index contributed by atoms with van der Waals surface area (Å²) in [6, 6.07) is 3.88. The Morgan fingerprint density at radius 2 is 1.29 bits per heavy atom. The van der Waals surface area contributed by atoms with Crippen molar-refractivity contribution in [1.82, 2.24) is 9.97 Å². The lowest BCUT2D eigenvalue weighted by Gasteiger charge is -2.04. The Hall–Kier alpha value is -0.860. The molecule has 2 aromatic rings. The van der Waals surface area contributed by atoms with Gasteiger partial charge in [-0.1, -0.05) is 0 Å². The number of halogens is 2. The summed E-state index contributed by atoms with van der Waals surface area (Å²) < 4.78 is 0. The number of aromatic nitrogens is 2. The van der Waals surface area contributed by atoms with E-state index < -0.39 is 0 Å². The number of rotatable bonds is 2. The van der Waals surface area contributed by atoms with Crippen LogP contribution >= 0.6 is 23.2 Å². The zero-order valence-electron chi connectivity index (χ0n) is 7.37. The van der Waals surface area contributed by atoms with Gasteiger partial charge in [0, 0.05) is 24.2 Å². The van der Waals surface area contributed by atoms with Gasteiger partial charge in [0.15, 0.2) is 0 Å². The Kier molecular flexibility index (Phi) is 2.85. The van der Waals surface area contributed by atoms with Crippen LogP contribution in [0.15, 0.2) is 24.5 Å². The minimum Gasteiger partial charge on any atom is -0.253 e. The van der Waals surface area contributed by atoms with Gasteiger partial charge < -0.3 is 0 Å². The van der Waals surface area contributed by atoms with Crippen molar-refractivity contribution >= 4 is 34.2 Å². The molecular formula is C10H8Cl2N2. The summed E-state index contributed by atoms with van der Waals surface area (Å²) in [5.41, 5.74) is 3.76. The van der Waals surface area contributed by atoms with Crippen LogP contribution in [0.1, 0.15) is 11.1 Å². The van der Waals surface area contributed by atoms with Crippen molar-refractivity contribution in [3.63, 3.8) is 0 Å². The zero-order chi connectivity index (χ0) is 9.97. The zero-order valence-corrected chi connectivity index (χ0v) is 8.89. The van der Waals surface area contributed by atoms with Crippen molar-refractivity contribution in [1.29, 1.82) is 0 Å². The van der Waals surface area contributed by atoms with Gasteiger partial charge in [-0.05, 0) is 23.3 Å². The first-order valence-corrected chi connectivity index (χ1v) is 5.26. The molecule has 2 rings (SSSR count). The van der Waals surface area contributed by atoms with E-state index >= 15 is 0 Å². The molecule has 14 heavy (non-hydrogen) atoms. The molecule has 2 nitrogen and oxygen atoms in total. The summed E-state index contributed by atoms with van der Waals surface area (Å²) in [5, 5.41) is 0. The molecule has 1 aromatic heterocycles. The maximum absolute atomic E-state index is 5.80. The molecule has 0 spiro atoms. The van der Waals surface area contributed by atoms with Gasteiger partial charge >= 0.3 is 0 Å². The van der Waals surface area contributed by atoms with Gasteiger partial charge in [-0.25, -0.2) is 0 Å². The van der Waals surface area contributed by atoms with Crippen LogP contribution in [0.5, 0.6) is 0 Å². The lowest BCUT2D eigenvalue weighted by atomic mass is 10.1. The molecule has 0 aliphatic rings. The summed E-state index contributed by atoms with van der Waals surface area (Å²) in [5.74, 6) is 0.906. The van der Waals surface area contributed by atoms with Crippen LogP contribution in [0.25, 0.3) is 11.0 Å². The van der Waals surface area contributed by atoms with Crippen LogP contribution in [0.2, 0.25) is 0 Å². The highest BCUT2D eigenvalue weighted by atomic mass is 35.5. The van der Waals surface area contributed by atoms with Crippen molar-refractivity contribution in [3.8, 4) is 0 Å². The summed E-state index contributed by atoms with van der Waals surface area (Å²) in [7, 11) is 0. The molecule has 0 aliphatic carbocycles. The molecule has 1 aromatic carbocycles. The molecule has 4 heteroatoms. The number of benzene rings is 1. The second-order valence-corrected chi connectivity index (χ2v) is 3.47. The molecule has 0 amide bonds. The molecule has 0 unspecified atom stereocenters. The second-order valence-electron chi connectivity index (χ2n) is 2.93. The number of hydrogen-bond donors (Lipinski definition) is 0. The van der Waals surface area contributed by atoms with Gasteiger partial charge in [-0.15, -0.1) is 23.2 Å². The Labute approximate surface area is 91.9 Å². The molecule has 0 aliphatic heterocycles. The first-order valence-electron chi connectivity index (χ1n) is 4.19. The van der Waals surface area contributed by atoms with E-state index in [1.165, 1.54) is 0 Å². The molecule has 0 saturated carbocycles. The monoisotopic (exact) mass is 226 g/mol. The van der Waals surface area contributed by atoms with Crippen LogP contribution in [0.3, 0.4) is 0 Å². The minimum atomic E-state index is 0.453. The third-order valence-electron chi connectivity index (χ3n) is 2.08. The van der Waals surface area contributed by atoms with Crippen LogP contribution in [0.4, 0.5) is 0 Å². The van der Waals surface area contributed by atoms with Gasteiger partial charge in [0.2, 0.25) is 0 Å². The second kappa shape index (κ2) is 4.11. The summed E-state index contributed by atoms with van der Waals surface area (Å²) >= 11 is 11.6. The quantitative estimate of drug-likeness (QED) is 0.736. The van der Waals surface area contributed by atoms with Crippen LogP contribution in [-0.4, -0.2) is 9.97 Å². The van der Waals surface area contributed by atoms with E-state index in [-0.39, 0.29) is 0 Å². The third-order valence-corrected chi connectivity index (χ3v) is 2.65. The van der Waals surface area contributed by atoms with E-state index in [2.05, 4.69) is 9.97 Å². The highest BCUT2D eigenvalue weighted by Gasteiger charge is 2.04.